The maximum atomic E-state index is 11.4. The van der Waals surface area contributed by atoms with Crippen LogP contribution in [0.1, 0.15) is 45.4 Å². The molecule has 1 aromatic rings. The van der Waals surface area contributed by atoms with Crippen molar-refractivity contribution in [3.8, 4) is 0 Å². The molecule has 1 unspecified atom stereocenters. The van der Waals surface area contributed by atoms with Gasteiger partial charge in [-0.15, -0.1) is 0 Å². The lowest BCUT2D eigenvalue weighted by atomic mass is 10.1. The highest BCUT2D eigenvalue weighted by Crippen LogP contribution is 2.14. The van der Waals surface area contributed by atoms with Gasteiger partial charge in [-0.05, 0) is 45.7 Å². The third-order valence-corrected chi connectivity index (χ3v) is 2.35. The van der Waals surface area contributed by atoms with Crippen molar-refractivity contribution in [2.45, 2.75) is 45.3 Å². The lowest BCUT2D eigenvalue weighted by Crippen LogP contribution is -2.33. The van der Waals surface area contributed by atoms with Gasteiger partial charge < -0.3 is 15.2 Å². The first-order valence-electron chi connectivity index (χ1n) is 6.44. The molecule has 19 heavy (non-hydrogen) atoms. The second-order valence-electron chi connectivity index (χ2n) is 5.34. The largest absolute Gasteiger partial charge is 0.444 e. The number of carbonyl (C=O) groups excluding carboxylic acids is 1. The van der Waals surface area contributed by atoms with Gasteiger partial charge in [0.15, 0.2) is 0 Å². The number of ether oxygens (including phenoxy) is 1. The van der Waals surface area contributed by atoms with Crippen LogP contribution in [-0.4, -0.2) is 28.3 Å². The summed E-state index contributed by atoms with van der Waals surface area (Å²) in [5.74, 6) is 0. The Kier molecular flexibility index (Phi) is 5.76. The van der Waals surface area contributed by atoms with Crippen LogP contribution in [0.25, 0.3) is 0 Å². The SMILES string of the molecule is CC(C)(C)OC(=O)NCCCC(O)c1ccccn1. The molecule has 0 radical (unpaired) electrons. The Morgan fingerprint density at radius 3 is 2.79 bits per heavy atom. The van der Waals surface area contributed by atoms with Crippen molar-refractivity contribution in [2.24, 2.45) is 0 Å². The number of pyridine rings is 1. The maximum absolute atomic E-state index is 11.4. The molecule has 0 fully saturated rings. The van der Waals surface area contributed by atoms with Crippen LogP contribution in [-0.2, 0) is 4.74 Å². The molecule has 0 aliphatic rings. The molecule has 0 spiro atoms. The Labute approximate surface area is 114 Å². The van der Waals surface area contributed by atoms with Gasteiger partial charge in [-0.3, -0.25) is 4.98 Å². The number of alkyl carbamates (subject to hydrolysis) is 1. The van der Waals surface area contributed by atoms with E-state index in [0.29, 0.717) is 25.1 Å². The fourth-order valence-corrected chi connectivity index (χ4v) is 1.52. The molecule has 1 aromatic heterocycles. The van der Waals surface area contributed by atoms with Crippen LogP contribution in [0, 0.1) is 0 Å². The quantitative estimate of drug-likeness (QED) is 0.803. The monoisotopic (exact) mass is 266 g/mol. The van der Waals surface area contributed by atoms with Crippen LogP contribution in [0.5, 0.6) is 0 Å². The number of rotatable bonds is 5. The number of nitrogens with one attached hydrogen (secondary N) is 1. The molecule has 1 heterocycles. The van der Waals surface area contributed by atoms with Crippen LogP contribution >= 0.6 is 0 Å². The van der Waals surface area contributed by atoms with Crippen molar-refractivity contribution >= 4 is 6.09 Å². The summed E-state index contributed by atoms with van der Waals surface area (Å²) in [6.07, 6.45) is 1.84. The van der Waals surface area contributed by atoms with Gasteiger partial charge in [0, 0.05) is 12.7 Å². The summed E-state index contributed by atoms with van der Waals surface area (Å²) in [5, 5.41) is 12.5. The predicted molar refractivity (Wildman–Crippen MR) is 72.7 cm³/mol. The van der Waals surface area contributed by atoms with E-state index < -0.39 is 17.8 Å². The predicted octanol–water partition coefficient (Wildman–Crippen LogP) is 2.42. The summed E-state index contributed by atoms with van der Waals surface area (Å²) < 4.78 is 5.10. The summed E-state index contributed by atoms with van der Waals surface area (Å²) in [6, 6.07) is 5.43. The van der Waals surface area contributed by atoms with E-state index in [0.717, 1.165) is 0 Å². The molecule has 0 saturated heterocycles. The van der Waals surface area contributed by atoms with E-state index in [1.54, 1.807) is 18.3 Å². The van der Waals surface area contributed by atoms with Gasteiger partial charge in [0.2, 0.25) is 0 Å². The lowest BCUT2D eigenvalue weighted by Gasteiger charge is -2.19. The van der Waals surface area contributed by atoms with Crippen molar-refractivity contribution in [3.63, 3.8) is 0 Å². The number of aliphatic hydroxyl groups is 1. The minimum Gasteiger partial charge on any atom is -0.444 e. The van der Waals surface area contributed by atoms with E-state index in [2.05, 4.69) is 10.3 Å². The van der Waals surface area contributed by atoms with Gasteiger partial charge in [-0.2, -0.15) is 0 Å². The van der Waals surface area contributed by atoms with Crippen LogP contribution in [0.15, 0.2) is 24.4 Å². The summed E-state index contributed by atoms with van der Waals surface area (Å²) >= 11 is 0. The molecule has 0 aliphatic heterocycles. The molecule has 1 rings (SSSR count). The fraction of sp³-hybridized carbons (Fsp3) is 0.571. The van der Waals surface area contributed by atoms with Gasteiger partial charge in [-0.25, -0.2) is 4.79 Å². The van der Waals surface area contributed by atoms with E-state index in [1.165, 1.54) is 0 Å². The number of aromatic nitrogens is 1. The molecule has 0 aliphatic carbocycles. The van der Waals surface area contributed by atoms with Crippen LogP contribution in [0.3, 0.4) is 0 Å². The molecule has 5 heteroatoms. The Balaban J connectivity index is 2.19. The average Bonchev–Trinajstić information content (AvgIpc) is 2.33. The Morgan fingerprint density at radius 1 is 1.47 bits per heavy atom. The van der Waals surface area contributed by atoms with Crippen molar-refractivity contribution in [2.75, 3.05) is 6.54 Å². The number of hydrogen-bond acceptors (Lipinski definition) is 4. The highest BCUT2D eigenvalue weighted by Gasteiger charge is 2.15. The lowest BCUT2D eigenvalue weighted by molar-refractivity contribution is 0.0523. The Bertz CT molecular complexity index is 387. The minimum atomic E-state index is -0.596. The second-order valence-corrected chi connectivity index (χ2v) is 5.34. The topological polar surface area (TPSA) is 71.5 Å². The number of aliphatic hydroxyl groups excluding tert-OH is 1. The van der Waals surface area contributed by atoms with Crippen LogP contribution in [0.2, 0.25) is 0 Å². The molecular formula is C14H22N2O3. The molecule has 5 nitrogen and oxygen atoms in total. The molecule has 1 amide bonds. The van der Waals surface area contributed by atoms with Gasteiger partial charge >= 0.3 is 6.09 Å². The zero-order valence-electron chi connectivity index (χ0n) is 11.7. The molecule has 0 bridgehead atoms. The smallest absolute Gasteiger partial charge is 0.407 e. The van der Waals surface area contributed by atoms with E-state index in [4.69, 9.17) is 4.74 Å². The van der Waals surface area contributed by atoms with E-state index in [1.807, 2.05) is 26.8 Å². The first kappa shape index (κ1) is 15.4. The van der Waals surface area contributed by atoms with Crippen molar-refractivity contribution in [3.05, 3.63) is 30.1 Å². The normalized spacial score (nSPS) is 12.8. The number of carbonyl (C=O) groups is 1. The molecule has 0 saturated carbocycles. The number of hydrogen-bond donors (Lipinski definition) is 2. The number of amides is 1. The van der Waals surface area contributed by atoms with Gasteiger partial charge in [0.1, 0.15) is 5.60 Å². The average molecular weight is 266 g/mol. The third kappa shape index (κ3) is 6.76. The van der Waals surface area contributed by atoms with E-state index >= 15 is 0 Å². The van der Waals surface area contributed by atoms with Gasteiger partial charge in [0.25, 0.3) is 0 Å². The van der Waals surface area contributed by atoms with Gasteiger partial charge in [0.05, 0.1) is 11.8 Å². The van der Waals surface area contributed by atoms with Crippen LogP contribution in [0.4, 0.5) is 4.79 Å². The summed E-state index contributed by atoms with van der Waals surface area (Å²) in [6.45, 7) is 5.92. The third-order valence-electron chi connectivity index (χ3n) is 2.35. The Morgan fingerprint density at radius 2 is 2.21 bits per heavy atom. The molecule has 2 N–H and O–H groups in total. The van der Waals surface area contributed by atoms with E-state index in [-0.39, 0.29) is 0 Å². The number of nitrogens with zero attached hydrogens (tertiary/aromatic N) is 1. The standard InChI is InChI=1S/C14H22N2O3/c1-14(2,3)19-13(18)16-10-6-8-12(17)11-7-4-5-9-15-11/h4-5,7,9,12,17H,6,8,10H2,1-3H3,(H,16,18). The summed E-state index contributed by atoms with van der Waals surface area (Å²) in [4.78, 5) is 15.4. The van der Waals surface area contributed by atoms with E-state index in [9.17, 15) is 9.90 Å². The summed E-state index contributed by atoms with van der Waals surface area (Å²) in [7, 11) is 0. The highest BCUT2D eigenvalue weighted by atomic mass is 16.6. The van der Waals surface area contributed by atoms with Crippen molar-refractivity contribution in [1.29, 1.82) is 0 Å². The first-order valence-corrected chi connectivity index (χ1v) is 6.44. The fourth-order valence-electron chi connectivity index (χ4n) is 1.52. The van der Waals surface area contributed by atoms with Crippen LogP contribution < -0.4 is 5.32 Å². The van der Waals surface area contributed by atoms with Crippen molar-refractivity contribution in [1.82, 2.24) is 10.3 Å². The minimum absolute atomic E-state index is 0.431. The molecule has 106 valence electrons. The maximum Gasteiger partial charge on any atom is 0.407 e. The summed E-state index contributed by atoms with van der Waals surface area (Å²) in [5.41, 5.74) is 0.164. The first-order chi connectivity index (χ1) is 8.88. The van der Waals surface area contributed by atoms with Gasteiger partial charge in [-0.1, -0.05) is 6.07 Å². The molecule has 0 aromatic carbocycles. The van der Waals surface area contributed by atoms with Crippen molar-refractivity contribution < 1.29 is 14.6 Å². The zero-order chi connectivity index (χ0) is 14.3. The molecule has 1 atom stereocenters. The second kappa shape index (κ2) is 7.09. The Hall–Kier alpha value is -1.62. The zero-order valence-corrected chi connectivity index (χ0v) is 11.7. The highest BCUT2D eigenvalue weighted by molar-refractivity contribution is 5.67. The molecular weight excluding hydrogens is 244 g/mol.